The SMILES string of the molecule is CCCCC(=O)OC(C)OC(=O)N1CC[C@H]2[C@@H]1CN[C@@]2(CCCCB(O)O)C(=O)O.Cl. The van der Waals surface area contributed by atoms with Gasteiger partial charge >= 0.3 is 25.2 Å². The van der Waals surface area contributed by atoms with E-state index in [-0.39, 0.29) is 37.1 Å². The Morgan fingerprint density at radius 3 is 2.55 bits per heavy atom. The van der Waals surface area contributed by atoms with E-state index in [0.717, 1.165) is 6.42 Å². The number of ether oxygens (including phenoxy) is 2. The maximum Gasteiger partial charge on any atom is 0.451 e. The summed E-state index contributed by atoms with van der Waals surface area (Å²) in [5.74, 6) is -1.66. The normalized spacial score (nSPS) is 25.4. The van der Waals surface area contributed by atoms with Crippen molar-refractivity contribution in [3.63, 3.8) is 0 Å². The van der Waals surface area contributed by atoms with E-state index in [1.54, 1.807) is 0 Å². The zero-order valence-corrected chi connectivity index (χ0v) is 18.9. The number of nitrogens with one attached hydrogen (secondary N) is 1. The Balaban J connectivity index is 0.00000480. The zero-order chi connectivity index (χ0) is 22.3. The van der Waals surface area contributed by atoms with Crippen molar-refractivity contribution in [3.8, 4) is 0 Å². The monoisotopic (exact) mass is 464 g/mol. The highest BCUT2D eigenvalue weighted by molar-refractivity contribution is 6.40. The molecule has 1 unspecified atom stereocenters. The van der Waals surface area contributed by atoms with Crippen LogP contribution in [0.3, 0.4) is 0 Å². The number of halogens is 1. The molecule has 0 aromatic carbocycles. The van der Waals surface area contributed by atoms with Crippen molar-refractivity contribution in [1.82, 2.24) is 10.2 Å². The lowest BCUT2D eigenvalue weighted by molar-refractivity contribution is -0.166. The van der Waals surface area contributed by atoms with Gasteiger partial charge in [-0.15, -0.1) is 12.4 Å². The van der Waals surface area contributed by atoms with Gasteiger partial charge in [-0.3, -0.25) is 14.9 Å². The second kappa shape index (κ2) is 12.5. The van der Waals surface area contributed by atoms with E-state index in [2.05, 4.69) is 5.32 Å². The summed E-state index contributed by atoms with van der Waals surface area (Å²) >= 11 is 0. The van der Waals surface area contributed by atoms with Crippen LogP contribution in [0.25, 0.3) is 0 Å². The van der Waals surface area contributed by atoms with Crippen molar-refractivity contribution in [2.75, 3.05) is 13.1 Å². The fourth-order valence-electron chi connectivity index (χ4n) is 4.47. The first-order valence-electron chi connectivity index (χ1n) is 10.7. The number of nitrogens with zero attached hydrogens (tertiary/aromatic N) is 1. The lowest BCUT2D eigenvalue weighted by Crippen LogP contribution is -2.52. The fraction of sp³-hybridized carbons (Fsp3) is 0.842. The predicted molar refractivity (Wildman–Crippen MR) is 115 cm³/mol. The molecule has 2 heterocycles. The van der Waals surface area contributed by atoms with Crippen molar-refractivity contribution in [1.29, 1.82) is 0 Å². The largest absolute Gasteiger partial charge is 0.480 e. The Labute approximate surface area is 189 Å². The minimum atomic E-state index is -1.40. The summed E-state index contributed by atoms with van der Waals surface area (Å²) in [7, 11) is -1.40. The van der Waals surface area contributed by atoms with Crippen LogP contribution in [-0.2, 0) is 19.1 Å². The van der Waals surface area contributed by atoms with Crippen LogP contribution < -0.4 is 5.32 Å². The third-order valence-electron chi connectivity index (χ3n) is 6.00. The molecule has 0 aromatic rings. The summed E-state index contributed by atoms with van der Waals surface area (Å²) in [5.41, 5.74) is -1.15. The number of esters is 1. The number of aliphatic carboxylic acids is 1. The minimum Gasteiger partial charge on any atom is -0.480 e. The molecule has 12 heteroatoms. The molecule has 0 aromatic heterocycles. The highest BCUT2D eigenvalue weighted by atomic mass is 35.5. The van der Waals surface area contributed by atoms with Crippen LogP contribution in [0.2, 0.25) is 6.32 Å². The average molecular weight is 465 g/mol. The molecule has 10 nitrogen and oxygen atoms in total. The number of hydrogen-bond acceptors (Lipinski definition) is 8. The maximum absolute atomic E-state index is 12.6. The molecule has 0 bridgehead atoms. The summed E-state index contributed by atoms with van der Waals surface area (Å²) < 4.78 is 10.4. The van der Waals surface area contributed by atoms with E-state index in [4.69, 9.17) is 19.5 Å². The van der Waals surface area contributed by atoms with Crippen molar-refractivity contribution in [3.05, 3.63) is 0 Å². The average Bonchev–Trinajstić information content (AvgIpc) is 3.24. The topological polar surface area (TPSA) is 146 Å². The molecule has 2 aliphatic heterocycles. The van der Waals surface area contributed by atoms with Gasteiger partial charge in [-0.05, 0) is 25.6 Å². The number of carbonyl (C=O) groups is 3. The van der Waals surface area contributed by atoms with Gasteiger partial charge in [0, 0.05) is 32.4 Å². The van der Waals surface area contributed by atoms with Crippen molar-refractivity contribution >= 4 is 37.6 Å². The quantitative estimate of drug-likeness (QED) is 0.154. The van der Waals surface area contributed by atoms with Gasteiger partial charge in [0.1, 0.15) is 5.54 Å². The van der Waals surface area contributed by atoms with Crippen LogP contribution in [0.5, 0.6) is 0 Å². The number of carboxylic acid groups (broad SMARTS) is 1. The van der Waals surface area contributed by atoms with Gasteiger partial charge < -0.3 is 29.5 Å². The molecule has 2 rings (SSSR count). The number of carboxylic acids is 1. The van der Waals surface area contributed by atoms with Crippen LogP contribution in [-0.4, -0.2) is 76.2 Å². The second-order valence-electron chi connectivity index (χ2n) is 8.08. The van der Waals surface area contributed by atoms with E-state index >= 15 is 0 Å². The Morgan fingerprint density at radius 1 is 1.23 bits per heavy atom. The van der Waals surface area contributed by atoms with Gasteiger partial charge in [0.15, 0.2) is 0 Å². The number of hydrogen-bond donors (Lipinski definition) is 4. The molecule has 0 spiro atoms. The van der Waals surface area contributed by atoms with E-state index in [1.807, 2.05) is 6.92 Å². The first-order chi connectivity index (χ1) is 14.2. The Hall–Kier alpha value is -1.56. The van der Waals surface area contributed by atoms with Gasteiger partial charge in [-0.25, -0.2) is 4.79 Å². The molecular formula is C19H34BClN2O8. The van der Waals surface area contributed by atoms with Crippen LogP contribution in [0.4, 0.5) is 4.79 Å². The van der Waals surface area contributed by atoms with Crippen molar-refractivity contribution in [2.45, 2.75) is 83.0 Å². The lowest BCUT2D eigenvalue weighted by Gasteiger charge is -2.30. The number of amides is 1. The van der Waals surface area contributed by atoms with E-state index in [0.29, 0.717) is 45.2 Å². The molecule has 0 saturated carbocycles. The van der Waals surface area contributed by atoms with Gasteiger partial charge in [-0.2, -0.15) is 0 Å². The Bertz CT molecular complexity index is 626. The minimum absolute atomic E-state index is 0. The molecular weight excluding hydrogens is 430 g/mol. The van der Waals surface area contributed by atoms with Crippen molar-refractivity contribution in [2.24, 2.45) is 5.92 Å². The summed E-state index contributed by atoms with van der Waals surface area (Å²) in [6.45, 7) is 4.15. The number of likely N-dealkylation sites (tertiary alicyclic amines) is 1. The van der Waals surface area contributed by atoms with Crippen LogP contribution in [0, 0.1) is 5.92 Å². The molecule has 2 aliphatic rings. The highest BCUT2D eigenvalue weighted by Crippen LogP contribution is 2.41. The third-order valence-corrected chi connectivity index (χ3v) is 6.00. The van der Waals surface area contributed by atoms with E-state index < -0.39 is 37.0 Å². The summed E-state index contributed by atoms with van der Waals surface area (Å²) in [6.07, 6.45) is 2.27. The molecule has 178 valence electrons. The molecule has 2 fully saturated rings. The number of unbranched alkanes of at least 4 members (excludes halogenated alkanes) is 2. The number of rotatable bonds is 11. The predicted octanol–water partition coefficient (Wildman–Crippen LogP) is 1.38. The Kier molecular flexibility index (Phi) is 11.1. The molecule has 0 radical (unpaired) electrons. The summed E-state index contributed by atoms with van der Waals surface area (Å²) in [6, 6.07) is -0.319. The van der Waals surface area contributed by atoms with Crippen LogP contribution in [0.1, 0.15) is 58.8 Å². The van der Waals surface area contributed by atoms with Gasteiger partial charge in [0.05, 0.1) is 6.04 Å². The summed E-state index contributed by atoms with van der Waals surface area (Å²) in [5, 5.41) is 30.9. The van der Waals surface area contributed by atoms with Gasteiger partial charge in [0.25, 0.3) is 0 Å². The highest BCUT2D eigenvalue weighted by Gasteiger charge is 2.58. The number of carbonyl (C=O) groups excluding carboxylic acids is 2. The first kappa shape index (κ1) is 27.5. The molecule has 2 saturated heterocycles. The number of fused-ring (bicyclic) bond motifs is 1. The van der Waals surface area contributed by atoms with E-state index in [9.17, 15) is 19.5 Å². The molecule has 4 N–H and O–H groups in total. The molecule has 1 amide bonds. The molecule has 31 heavy (non-hydrogen) atoms. The zero-order valence-electron chi connectivity index (χ0n) is 18.1. The van der Waals surface area contributed by atoms with Crippen LogP contribution >= 0.6 is 12.4 Å². The molecule has 4 atom stereocenters. The Morgan fingerprint density at radius 2 is 1.94 bits per heavy atom. The van der Waals surface area contributed by atoms with E-state index in [1.165, 1.54) is 11.8 Å². The lowest BCUT2D eigenvalue weighted by atomic mass is 9.77. The second-order valence-corrected chi connectivity index (χ2v) is 8.08. The fourth-order valence-corrected chi connectivity index (χ4v) is 4.47. The molecule has 0 aliphatic carbocycles. The van der Waals surface area contributed by atoms with Crippen LogP contribution in [0.15, 0.2) is 0 Å². The third kappa shape index (κ3) is 6.96. The smallest absolute Gasteiger partial charge is 0.451 e. The summed E-state index contributed by atoms with van der Waals surface area (Å²) in [4.78, 5) is 37.9. The van der Waals surface area contributed by atoms with Gasteiger partial charge in [0.2, 0.25) is 6.29 Å². The van der Waals surface area contributed by atoms with Crippen molar-refractivity contribution < 1.29 is 39.0 Å². The van der Waals surface area contributed by atoms with Gasteiger partial charge in [-0.1, -0.05) is 26.2 Å². The maximum atomic E-state index is 12.6. The first-order valence-corrected chi connectivity index (χ1v) is 10.7. The standard InChI is InChI=1S/C19H33BN2O8.ClH/c1-3-4-7-16(23)29-13(2)30-18(26)22-11-8-14-15(22)12-21-19(14,17(24)25)9-5-6-10-20(27)28;/h13-15,21,27-28H,3-12H2,1-2H3,(H,24,25);1H/t13?,14-,15-,19+;/m0./s1.